The summed E-state index contributed by atoms with van der Waals surface area (Å²) in [6, 6.07) is 0. The summed E-state index contributed by atoms with van der Waals surface area (Å²) in [6.45, 7) is 5.55. The standard InChI is InChI=1S/C12H17N3O/c1-8-10-6-16-7-11(10)15-12(14-8)9-3-2-4-13-5-9/h9,13H,2-7H2,1H3. The van der Waals surface area contributed by atoms with Gasteiger partial charge in [0, 0.05) is 23.7 Å². The molecule has 0 saturated carbocycles. The normalized spacial score (nSPS) is 24.4. The molecule has 16 heavy (non-hydrogen) atoms. The number of rotatable bonds is 1. The van der Waals surface area contributed by atoms with Gasteiger partial charge >= 0.3 is 0 Å². The Hall–Kier alpha value is -1.00. The Kier molecular flexibility index (Phi) is 2.61. The van der Waals surface area contributed by atoms with Crippen molar-refractivity contribution in [1.29, 1.82) is 0 Å². The summed E-state index contributed by atoms with van der Waals surface area (Å²) in [5.74, 6) is 1.49. The quantitative estimate of drug-likeness (QED) is 0.773. The van der Waals surface area contributed by atoms with E-state index >= 15 is 0 Å². The molecule has 2 aliphatic rings. The van der Waals surface area contributed by atoms with E-state index in [-0.39, 0.29) is 0 Å². The van der Waals surface area contributed by atoms with E-state index < -0.39 is 0 Å². The maximum Gasteiger partial charge on any atom is 0.133 e. The Labute approximate surface area is 95.4 Å². The number of aryl methyl sites for hydroxylation is 1. The van der Waals surface area contributed by atoms with Crippen molar-refractivity contribution in [2.75, 3.05) is 13.1 Å². The van der Waals surface area contributed by atoms with Crippen molar-refractivity contribution in [2.45, 2.75) is 38.9 Å². The van der Waals surface area contributed by atoms with Gasteiger partial charge in [0.2, 0.25) is 0 Å². The predicted molar refractivity (Wildman–Crippen MR) is 60.1 cm³/mol. The van der Waals surface area contributed by atoms with E-state index in [4.69, 9.17) is 4.74 Å². The van der Waals surface area contributed by atoms with Gasteiger partial charge in [-0.05, 0) is 26.3 Å². The monoisotopic (exact) mass is 219 g/mol. The lowest BCUT2D eigenvalue weighted by molar-refractivity contribution is 0.133. The van der Waals surface area contributed by atoms with E-state index in [9.17, 15) is 0 Å². The van der Waals surface area contributed by atoms with Crippen molar-refractivity contribution < 1.29 is 4.74 Å². The molecule has 0 aliphatic carbocycles. The third kappa shape index (κ3) is 1.72. The second kappa shape index (κ2) is 4.11. The lowest BCUT2D eigenvalue weighted by atomic mass is 9.98. The van der Waals surface area contributed by atoms with E-state index in [2.05, 4.69) is 22.2 Å². The summed E-state index contributed by atoms with van der Waals surface area (Å²) in [5, 5.41) is 3.41. The van der Waals surface area contributed by atoms with Gasteiger partial charge in [0.25, 0.3) is 0 Å². The van der Waals surface area contributed by atoms with Crippen LogP contribution < -0.4 is 5.32 Å². The Morgan fingerprint density at radius 1 is 1.31 bits per heavy atom. The van der Waals surface area contributed by atoms with Crippen LogP contribution in [0.3, 0.4) is 0 Å². The highest BCUT2D eigenvalue weighted by Crippen LogP contribution is 2.25. The summed E-state index contributed by atoms with van der Waals surface area (Å²) < 4.78 is 5.42. The molecule has 0 aromatic carbocycles. The molecule has 1 aromatic rings. The molecule has 1 atom stereocenters. The van der Waals surface area contributed by atoms with Gasteiger partial charge in [0.05, 0.1) is 18.9 Å². The molecular formula is C12H17N3O. The first-order valence-corrected chi connectivity index (χ1v) is 5.99. The number of hydrogen-bond acceptors (Lipinski definition) is 4. The van der Waals surface area contributed by atoms with Gasteiger partial charge in [0.1, 0.15) is 5.82 Å². The van der Waals surface area contributed by atoms with Crippen LogP contribution in [0.25, 0.3) is 0 Å². The topological polar surface area (TPSA) is 47.0 Å². The number of nitrogens with one attached hydrogen (secondary N) is 1. The Morgan fingerprint density at radius 2 is 2.25 bits per heavy atom. The zero-order valence-corrected chi connectivity index (χ0v) is 9.62. The Morgan fingerprint density at radius 3 is 3.06 bits per heavy atom. The highest BCUT2D eigenvalue weighted by molar-refractivity contribution is 5.27. The van der Waals surface area contributed by atoms with Gasteiger partial charge in [-0.2, -0.15) is 0 Å². The molecule has 0 spiro atoms. The zero-order chi connectivity index (χ0) is 11.0. The number of piperidine rings is 1. The molecule has 4 heteroatoms. The van der Waals surface area contributed by atoms with E-state index in [1.807, 2.05) is 0 Å². The number of fused-ring (bicyclic) bond motifs is 1. The first kappa shape index (κ1) is 10.2. The van der Waals surface area contributed by atoms with Crippen molar-refractivity contribution in [3.05, 3.63) is 22.8 Å². The fourth-order valence-electron chi connectivity index (χ4n) is 2.49. The van der Waals surface area contributed by atoms with Crippen LogP contribution in [0.1, 0.15) is 41.5 Å². The molecule has 4 nitrogen and oxygen atoms in total. The van der Waals surface area contributed by atoms with Crippen LogP contribution in [0.2, 0.25) is 0 Å². The van der Waals surface area contributed by atoms with Gasteiger partial charge in [-0.15, -0.1) is 0 Å². The van der Waals surface area contributed by atoms with E-state index in [0.29, 0.717) is 19.1 Å². The van der Waals surface area contributed by atoms with Crippen molar-refractivity contribution in [3.63, 3.8) is 0 Å². The van der Waals surface area contributed by atoms with Crippen LogP contribution in [0.5, 0.6) is 0 Å². The zero-order valence-electron chi connectivity index (χ0n) is 9.62. The molecule has 2 aliphatic heterocycles. The number of nitrogens with zero attached hydrogens (tertiary/aromatic N) is 2. The minimum Gasteiger partial charge on any atom is -0.370 e. The highest BCUT2D eigenvalue weighted by Gasteiger charge is 2.22. The molecule has 0 amide bonds. The Balaban J connectivity index is 1.92. The number of hydrogen-bond donors (Lipinski definition) is 1. The molecule has 1 N–H and O–H groups in total. The van der Waals surface area contributed by atoms with Crippen LogP contribution in [-0.2, 0) is 18.0 Å². The lowest BCUT2D eigenvalue weighted by Gasteiger charge is -2.22. The van der Waals surface area contributed by atoms with Gasteiger partial charge in [0.15, 0.2) is 0 Å². The van der Waals surface area contributed by atoms with Crippen LogP contribution in [-0.4, -0.2) is 23.1 Å². The van der Waals surface area contributed by atoms with Gasteiger partial charge < -0.3 is 10.1 Å². The van der Waals surface area contributed by atoms with Gasteiger partial charge in [-0.3, -0.25) is 0 Å². The molecule has 1 fully saturated rings. The van der Waals surface area contributed by atoms with Crippen LogP contribution in [0.4, 0.5) is 0 Å². The predicted octanol–water partition coefficient (Wildman–Crippen LogP) is 1.28. The van der Waals surface area contributed by atoms with Crippen LogP contribution in [0.15, 0.2) is 0 Å². The molecule has 1 unspecified atom stereocenters. The largest absolute Gasteiger partial charge is 0.370 e. The summed E-state index contributed by atoms with van der Waals surface area (Å²) >= 11 is 0. The fourth-order valence-corrected chi connectivity index (χ4v) is 2.49. The van der Waals surface area contributed by atoms with Crippen LogP contribution in [0, 0.1) is 6.92 Å². The number of ether oxygens (including phenoxy) is 1. The lowest BCUT2D eigenvalue weighted by Crippen LogP contribution is -2.29. The summed E-state index contributed by atoms with van der Waals surface area (Å²) in [5.41, 5.74) is 3.41. The average molecular weight is 219 g/mol. The second-order valence-electron chi connectivity index (χ2n) is 4.63. The first-order chi connectivity index (χ1) is 7.84. The van der Waals surface area contributed by atoms with E-state index in [1.165, 1.54) is 18.4 Å². The molecule has 86 valence electrons. The fraction of sp³-hybridized carbons (Fsp3) is 0.667. The molecule has 3 rings (SSSR count). The second-order valence-corrected chi connectivity index (χ2v) is 4.63. The minimum atomic E-state index is 0.485. The van der Waals surface area contributed by atoms with Crippen molar-refractivity contribution in [3.8, 4) is 0 Å². The van der Waals surface area contributed by atoms with Gasteiger partial charge in [-0.25, -0.2) is 9.97 Å². The van der Waals surface area contributed by atoms with Crippen molar-refractivity contribution >= 4 is 0 Å². The third-order valence-corrected chi connectivity index (χ3v) is 3.46. The molecule has 1 aromatic heterocycles. The summed E-state index contributed by atoms with van der Waals surface area (Å²) in [4.78, 5) is 9.30. The highest BCUT2D eigenvalue weighted by atomic mass is 16.5. The van der Waals surface area contributed by atoms with Crippen molar-refractivity contribution in [2.24, 2.45) is 0 Å². The summed E-state index contributed by atoms with van der Waals surface area (Å²) in [7, 11) is 0. The Bertz CT molecular complexity index is 399. The first-order valence-electron chi connectivity index (χ1n) is 5.99. The van der Waals surface area contributed by atoms with E-state index in [0.717, 1.165) is 30.3 Å². The maximum absolute atomic E-state index is 5.42. The van der Waals surface area contributed by atoms with E-state index in [1.54, 1.807) is 0 Å². The number of aromatic nitrogens is 2. The summed E-state index contributed by atoms with van der Waals surface area (Å²) in [6.07, 6.45) is 2.42. The molecule has 0 radical (unpaired) electrons. The molecule has 1 saturated heterocycles. The minimum absolute atomic E-state index is 0.485. The third-order valence-electron chi connectivity index (χ3n) is 3.46. The SMILES string of the molecule is Cc1nc(C2CCCNC2)nc2c1COC2. The maximum atomic E-state index is 5.42. The average Bonchev–Trinajstić information content (AvgIpc) is 2.79. The van der Waals surface area contributed by atoms with Crippen molar-refractivity contribution in [1.82, 2.24) is 15.3 Å². The molecule has 3 heterocycles. The van der Waals surface area contributed by atoms with Gasteiger partial charge in [-0.1, -0.05) is 0 Å². The molecular weight excluding hydrogens is 202 g/mol. The van der Waals surface area contributed by atoms with Crippen LogP contribution >= 0.6 is 0 Å². The smallest absolute Gasteiger partial charge is 0.133 e. The molecule has 0 bridgehead atoms.